The summed E-state index contributed by atoms with van der Waals surface area (Å²) in [5.74, 6) is 1.25. The molecule has 2 rings (SSSR count). The van der Waals surface area contributed by atoms with Crippen molar-refractivity contribution in [3.8, 4) is 10.8 Å². The van der Waals surface area contributed by atoms with E-state index >= 15 is 0 Å². The molecule has 0 fully saturated rings. The van der Waals surface area contributed by atoms with E-state index in [1.54, 1.807) is 23.8 Å². The zero-order chi connectivity index (χ0) is 14.0. The predicted molar refractivity (Wildman–Crippen MR) is 76.3 cm³/mol. The molecule has 104 valence electrons. The summed E-state index contributed by atoms with van der Waals surface area (Å²) in [6, 6.07) is 0. The molecule has 0 N–H and O–H groups in total. The molecule has 5 nitrogen and oxygen atoms in total. The van der Waals surface area contributed by atoms with E-state index in [2.05, 4.69) is 35.9 Å². The van der Waals surface area contributed by atoms with Gasteiger partial charge in [-0.15, -0.1) is 11.3 Å². The molecule has 0 amide bonds. The van der Waals surface area contributed by atoms with Gasteiger partial charge in [0.2, 0.25) is 0 Å². The Balaban J connectivity index is 2.14. The molecule has 0 spiro atoms. The van der Waals surface area contributed by atoms with E-state index in [0.717, 1.165) is 16.3 Å². The summed E-state index contributed by atoms with van der Waals surface area (Å²) < 4.78 is 16.3. The Labute approximate surface area is 118 Å². The maximum Gasteiger partial charge on any atom is 0.269 e. The number of aromatic nitrogens is 3. The Morgan fingerprint density at radius 2 is 2.16 bits per heavy atom. The van der Waals surface area contributed by atoms with Gasteiger partial charge in [-0.3, -0.25) is 4.21 Å². The van der Waals surface area contributed by atoms with E-state index in [1.165, 1.54) is 0 Å². The molecular formula is C12H17N3O2S2. The Kier molecular flexibility index (Phi) is 4.15. The van der Waals surface area contributed by atoms with Crippen LogP contribution in [0.4, 0.5) is 0 Å². The van der Waals surface area contributed by atoms with Crippen molar-refractivity contribution in [2.75, 3.05) is 6.26 Å². The van der Waals surface area contributed by atoms with Crippen LogP contribution in [0.15, 0.2) is 10.7 Å². The molecular weight excluding hydrogens is 282 g/mol. The van der Waals surface area contributed by atoms with Crippen LogP contribution in [-0.4, -0.2) is 25.6 Å². The van der Waals surface area contributed by atoms with E-state index in [4.69, 9.17) is 4.52 Å². The van der Waals surface area contributed by atoms with Gasteiger partial charge in [0.15, 0.2) is 5.82 Å². The van der Waals surface area contributed by atoms with E-state index in [0.29, 0.717) is 17.5 Å². The minimum absolute atomic E-state index is 0.203. The predicted octanol–water partition coefficient (Wildman–Crippen LogP) is 2.66. The van der Waals surface area contributed by atoms with Gasteiger partial charge in [-0.05, 0) is 5.41 Å². The van der Waals surface area contributed by atoms with Gasteiger partial charge in [0.25, 0.3) is 5.89 Å². The maximum absolute atomic E-state index is 11.1. The van der Waals surface area contributed by atoms with Crippen molar-refractivity contribution in [2.45, 2.75) is 32.9 Å². The monoisotopic (exact) mass is 299 g/mol. The topological polar surface area (TPSA) is 68.9 Å². The van der Waals surface area contributed by atoms with Gasteiger partial charge in [0.05, 0.1) is 17.0 Å². The fourth-order valence-electron chi connectivity index (χ4n) is 1.54. The largest absolute Gasteiger partial charge is 0.333 e. The van der Waals surface area contributed by atoms with Crippen molar-refractivity contribution in [3.63, 3.8) is 0 Å². The average molecular weight is 299 g/mol. The molecule has 0 radical (unpaired) electrons. The van der Waals surface area contributed by atoms with Crippen molar-refractivity contribution in [3.05, 3.63) is 17.0 Å². The van der Waals surface area contributed by atoms with E-state index < -0.39 is 10.8 Å². The van der Waals surface area contributed by atoms with Gasteiger partial charge in [-0.1, -0.05) is 25.9 Å². The summed E-state index contributed by atoms with van der Waals surface area (Å²) in [5, 5.41) is 4.87. The fraction of sp³-hybridized carbons (Fsp3) is 0.583. The molecule has 19 heavy (non-hydrogen) atoms. The zero-order valence-electron chi connectivity index (χ0n) is 11.5. The first-order valence-corrected chi connectivity index (χ1v) is 8.45. The lowest BCUT2D eigenvalue weighted by Crippen LogP contribution is -2.08. The molecule has 0 saturated heterocycles. The quantitative estimate of drug-likeness (QED) is 0.868. The lowest BCUT2D eigenvalue weighted by Gasteiger charge is -2.15. The summed E-state index contributed by atoms with van der Waals surface area (Å²) in [6.45, 7) is 6.53. The first-order chi connectivity index (χ1) is 8.83. The zero-order valence-corrected chi connectivity index (χ0v) is 13.1. The third kappa shape index (κ3) is 4.21. The van der Waals surface area contributed by atoms with Gasteiger partial charge >= 0.3 is 0 Å². The molecule has 2 aromatic heterocycles. The van der Waals surface area contributed by atoms with Gasteiger partial charge in [0.1, 0.15) is 4.88 Å². The van der Waals surface area contributed by atoms with Crippen LogP contribution in [0.25, 0.3) is 10.8 Å². The van der Waals surface area contributed by atoms with Crippen molar-refractivity contribution in [1.29, 1.82) is 0 Å². The molecule has 0 aliphatic carbocycles. The highest BCUT2D eigenvalue weighted by atomic mass is 32.2. The smallest absolute Gasteiger partial charge is 0.269 e. The first kappa shape index (κ1) is 14.3. The van der Waals surface area contributed by atoms with Crippen molar-refractivity contribution in [1.82, 2.24) is 15.1 Å². The molecule has 1 unspecified atom stereocenters. The van der Waals surface area contributed by atoms with Crippen LogP contribution in [0.5, 0.6) is 0 Å². The maximum atomic E-state index is 11.1. The number of hydrogen-bond donors (Lipinski definition) is 0. The summed E-state index contributed by atoms with van der Waals surface area (Å²) in [5.41, 5.74) is 0.203. The Hall–Kier alpha value is -1.08. The third-order valence-corrected chi connectivity index (χ3v) is 3.90. The van der Waals surface area contributed by atoms with E-state index in [-0.39, 0.29) is 5.41 Å². The molecule has 0 aliphatic heterocycles. The van der Waals surface area contributed by atoms with Gasteiger partial charge < -0.3 is 4.52 Å². The van der Waals surface area contributed by atoms with Crippen molar-refractivity contribution < 1.29 is 8.73 Å². The van der Waals surface area contributed by atoms with Crippen LogP contribution < -0.4 is 0 Å². The summed E-state index contributed by atoms with van der Waals surface area (Å²) >= 11 is 1.56. The second-order valence-corrected chi connectivity index (χ2v) is 8.14. The molecule has 2 aromatic rings. The summed E-state index contributed by atoms with van der Waals surface area (Å²) in [7, 11) is -0.965. The van der Waals surface area contributed by atoms with Gasteiger partial charge in [0, 0.05) is 23.5 Å². The normalized spacial score (nSPS) is 13.7. The molecule has 7 heteroatoms. The van der Waals surface area contributed by atoms with Crippen LogP contribution in [0.3, 0.4) is 0 Å². The van der Waals surface area contributed by atoms with Crippen LogP contribution >= 0.6 is 11.3 Å². The lowest BCUT2D eigenvalue weighted by molar-refractivity contribution is 0.410. The highest BCUT2D eigenvalue weighted by molar-refractivity contribution is 7.83. The van der Waals surface area contributed by atoms with Crippen LogP contribution in [0.2, 0.25) is 0 Å². The van der Waals surface area contributed by atoms with Crippen LogP contribution in [-0.2, 0) is 23.0 Å². The number of thiazole rings is 1. The van der Waals surface area contributed by atoms with Crippen molar-refractivity contribution in [2.24, 2.45) is 5.41 Å². The van der Waals surface area contributed by atoms with E-state index in [9.17, 15) is 4.21 Å². The minimum Gasteiger partial charge on any atom is -0.333 e. The third-order valence-electron chi connectivity index (χ3n) is 2.25. The van der Waals surface area contributed by atoms with Crippen LogP contribution in [0.1, 0.15) is 31.6 Å². The number of nitrogens with zero attached hydrogens (tertiary/aromatic N) is 3. The SMILES string of the molecule is CS(=O)Cc1noc(-c2cnc(CC(C)(C)C)s2)n1. The van der Waals surface area contributed by atoms with Gasteiger partial charge in [-0.2, -0.15) is 4.98 Å². The van der Waals surface area contributed by atoms with Gasteiger partial charge in [-0.25, -0.2) is 4.98 Å². The standard InChI is InChI=1S/C12H17N3O2S2/c1-12(2,3)5-10-13-6-8(18-10)11-14-9(15-17-11)7-19(4)16/h6H,5,7H2,1-4H3. The second-order valence-electron chi connectivity index (χ2n) is 5.59. The highest BCUT2D eigenvalue weighted by Gasteiger charge is 2.17. The summed E-state index contributed by atoms with van der Waals surface area (Å²) in [4.78, 5) is 9.47. The molecule has 2 heterocycles. The Morgan fingerprint density at radius 3 is 2.79 bits per heavy atom. The Bertz CT molecular complexity index is 584. The second kappa shape index (κ2) is 5.50. The van der Waals surface area contributed by atoms with E-state index in [1.807, 2.05) is 0 Å². The number of hydrogen-bond acceptors (Lipinski definition) is 6. The highest BCUT2D eigenvalue weighted by Crippen LogP contribution is 2.29. The number of rotatable bonds is 4. The first-order valence-electron chi connectivity index (χ1n) is 5.91. The van der Waals surface area contributed by atoms with Crippen LogP contribution in [0, 0.1) is 5.41 Å². The lowest BCUT2D eigenvalue weighted by atomic mass is 9.93. The molecule has 0 saturated carbocycles. The fourth-order valence-corrected chi connectivity index (χ4v) is 3.16. The molecule has 1 atom stereocenters. The average Bonchev–Trinajstić information content (AvgIpc) is 2.83. The molecule has 0 aromatic carbocycles. The molecule has 0 aliphatic rings. The summed E-state index contributed by atoms with van der Waals surface area (Å²) in [6.07, 6.45) is 4.29. The Morgan fingerprint density at radius 1 is 1.42 bits per heavy atom. The minimum atomic E-state index is -0.965. The molecule has 0 bridgehead atoms. The van der Waals surface area contributed by atoms with Crippen molar-refractivity contribution >= 4 is 22.1 Å².